The molecule has 0 saturated heterocycles. The molecule has 0 unspecified atom stereocenters. The maximum absolute atomic E-state index is 5.74. The third-order valence-electron chi connectivity index (χ3n) is 2.74. The molecule has 0 amide bonds. The summed E-state index contributed by atoms with van der Waals surface area (Å²) in [6.07, 6.45) is 2.81. The van der Waals surface area contributed by atoms with E-state index in [1.165, 1.54) is 5.56 Å². The van der Waals surface area contributed by atoms with Gasteiger partial charge < -0.3 is 9.73 Å². The van der Waals surface area contributed by atoms with E-state index in [0.29, 0.717) is 6.54 Å². The number of nitrogens with zero attached hydrogens (tertiary/aromatic N) is 1. The first-order valence-electron chi connectivity index (χ1n) is 6.08. The van der Waals surface area contributed by atoms with Crippen LogP contribution in [0.4, 0.5) is 0 Å². The van der Waals surface area contributed by atoms with Crippen molar-refractivity contribution in [2.45, 2.75) is 26.8 Å². The van der Waals surface area contributed by atoms with Gasteiger partial charge in [-0.2, -0.15) is 0 Å². The van der Waals surface area contributed by atoms with E-state index in [2.05, 4.69) is 42.3 Å². The van der Waals surface area contributed by atoms with Gasteiger partial charge in [0.15, 0.2) is 5.76 Å². The van der Waals surface area contributed by atoms with Gasteiger partial charge in [0.1, 0.15) is 0 Å². The van der Waals surface area contributed by atoms with Crippen molar-refractivity contribution in [3.05, 3.63) is 41.9 Å². The standard InChI is InChI=1S/C14H18N2O/c1-3-11-7-5-6-8-12(11)13-9-16-14(17-13)10-15-4-2/h5-9,15H,3-4,10H2,1-2H3. The summed E-state index contributed by atoms with van der Waals surface area (Å²) in [4.78, 5) is 4.28. The number of aromatic nitrogens is 1. The van der Waals surface area contributed by atoms with Gasteiger partial charge in [-0.05, 0) is 18.5 Å². The highest BCUT2D eigenvalue weighted by Crippen LogP contribution is 2.24. The second-order valence-electron chi connectivity index (χ2n) is 3.91. The van der Waals surface area contributed by atoms with E-state index in [1.54, 1.807) is 6.20 Å². The zero-order chi connectivity index (χ0) is 12.1. The summed E-state index contributed by atoms with van der Waals surface area (Å²) < 4.78 is 5.74. The first-order chi connectivity index (χ1) is 8.35. The molecule has 0 aliphatic heterocycles. The molecule has 1 heterocycles. The Morgan fingerprint density at radius 3 is 2.82 bits per heavy atom. The first-order valence-corrected chi connectivity index (χ1v) is 6.08. The zero-order valence-electron chi connectivity index (χ0n) is 10.4. The number of nitrogens with one attached hydrogen (secondary N) is 1. The molecule has 0 saturated carbocycles. The summed E-state index contributed by atoms with van der Waals surface area (Å²) >= 11 is 0. The van der Waals surface area contributed by atoms with E-state index in [1.807, 2.05) is 6.07 Å². The van der Waals surface area contributed by atoms with Crippen LogP contribution in [0.1, 0.15) is 25.3 Å². The lowest BCUT2D eigenvalue weighted by atomic mass is 10.0. The highest BCUT2D eigenvalue weighted by molar-refractivity contribution is 5.61. The molecule has 0 atom stereocenters. The average Bonchev–Trinajstić information content (AvgIpc) is 2.85. The van der Waals surface area contributed by atoms with Gasteiger partial charge in [0.05, 0.1) is 12.7 Å². The Balaban J connectivity index is 2.24. The van der Waals surface area contributed by atoms with E-state index in [4.69, 9.17) is 4.42 Å². The molecular weight excluding hydrogens is 212 g/mol. The Kier molecular flexibility index (Phi) is 3.94. The van der Waals surface area contributed by atoms with Crippen LogP contribution in [0, 0.1) is 0 Å². The molecule has 2 rings (SSSR count). The molecule has 17 heavy (non-hydrogen) atoms. The zero-order valence-corrected chi connectivity index (χ0v) is 10.4. The van der Waals surface area contributed by atoms with Crippen molar-refractivity contribution >= 4 is 0 Å². The van der Waals surface area contributed by atoms with E-state index in [9.17, 15) is 0 Å². The van der Waals surface area contributed by atoms with Gasteiger partial charge in [-0.1, -0.05) is 38.1 Å². The smallest absolute Gasteiger partial charge is 0.208 e. The molecule has 0 spiro atoms. The number of oxazole rings is 1. The van der Waals surface area contributed by atoms with Crippen LogP contribution in [0.15, 0.2) is 34.9 Å². The number of benzene rings is 1. The molecule has 2 aromatic rings. The Bertz CT molecular complexity index is 477. The highest BCUT2D eigenvalue weighted by atomic mass is 16.4. The van der Waals surface area contributed by atoms with Crippen LogP contribution in [0.3, 0.4) is 0 Å². The quantitative estimate of drug-likeness (QED) is 0.858. The van der Waals surface area contributed by atoms with Gasteiger partial charge in [-0.25, -0.2) is 4.98 Å². The first kappa shape index (κ1) is 11.9. The van der Waals surface area contributed by atoms with Crippen molar-refractivity contribution in [2.75, 3.05) is 6.54 Å². The normalized spacial score (nSPS) is 10.7. The van der Waals surface area contributed by atoms with Gasteiger partial charge >= 0.3 is 0 Å². The van der Waals surface area contributed by atoms with E-state index in [-0.39, 0.29) is 0 Å². The predicted molar refractivity (Wildman–Crippen MR) is 68.7 cm³/mol. The van der Waals surface area contributed by atoms with Crippen LogP contribution in [0.5, 0.6) is 0 Å². The number of rotatable bonds is 5. The van der Waals surface area contributed by atoms with Crippen molar-refractivity contribution in [2.24, 2.45) is 0 Å². The summed E-state index contributed by atoms with van der Waals surface area (Å²) in [7, 11) is 0. The maximum Gasteiger partial charge on any atom is 0.208 e. The minimum Gasteiger partial charge on any atom is -0.439 e. The van der Waals surface area contributed by atoms with Gasteiger partial charge in [0.25, 0.3) is 0 Å². The molecular formula is C14H18N2O. The number of hydrogen-bond acceptors (Lipinski definition) is 3. The Hall–Kier alpha value is -1.61. The molecule has 3 heteroatoms. The average molecular weight is 230 g/mol. The fourth-order valence-corrected chi connectivity index (χ4v) is 1.82. The van der Waals surface area contributed by atoms with Gasteiger partial charge in [-0.3, -0.25) is 0 Å². The lowest BCUT2D eigenvalue weighted by Gasteiger charge is -2.03. The third kappa shape index (κ3) is 2.74. The molecule has 1 aromatic carbocycles. The van der Waals surface area contributed by atoms with Gasteiger partial charge in [0.2, 0.25) is 5.89 Å². The topological polar surface area (TPSA) is 38.1 Å². The van der Waals surface area contributed by atoms with Crippen molar-refractivity contribution in [1.29, 1.82) is 0 Å². The SMILES string of the molecule is CCNCc1ncc(-c2ccccc2CC)o1. The predicted octanol–water partition coefficient (Wildman–Crippen LogP) is 3.01. The monoisotopic (exact) mass is 230 g/mol. The van der Waals surface area contributed by atoms with E-state index in [0.717, 1.165) is 30.2 Å². The van der Waals surface area contributed by atoms with E-state index >= 15 is 0 Å². The summed E-state index contributed by atoms with van der Waals surface area (Å²) in [5, 5.41) is 3.20. The van der Waals surface area contributed by atoms with Crippen molar-refractivity contribution in [3.8, 4) is 11.3 Å². The molecule has 1 N–H and O–H groups in total. The van der Waals surface area contributed by atoms with Crippen molar-refractivity contribution < 1.29 is 4.42 Å². The lowest BCUT2D eigenvalue weighted by Crippen LogP contribution is -2.11. The van der Waals surface area contributed by atoms with Crippen LogP contribution in [-0.4, -0.2) is 11.5 Å². The van der Waals surface area contributed by atoms with Crippen molar-refractivity contribution in [3.63, 3.8) is 0 Å². The van der Waals surface area contributed by atoms with Crippen LogP contribution in [-0.2, 0) is 13.0 Å². The molecule has 0 fully saturated rings. The number of hydrogen-bond donors (Lipinski definition) is 1. The van der Waals surface area contributed by atoms with Crippen LogP contribution >= 0.6 is 0 Å². The fourth-order valence-electron chi connectivity index (χ4n) is 1.82. The van der Waals surface area contributed by atoms with Crippen LogP contribution in [0.2, 0.25) is 0 Å². The molecule has 0 bridgehead atoms. The molecule has 0 radical (unpaired) electrons. The van der Waals surface area contributed by atoms with E-state index < -0.39 is 0 Å². The van der Waals surface area contributed by atoms with Crippen molar-refractivity contribution in [1.82, 2.24) is 10.3 Å². The summed E-state index contributed by atoms with van der Waals surface area (Å²) in [5.41, 5.74) is 2.43. The Labute approximate surface area is 102 Å². The molecule has 3 nitrogen and oxygen atoms in total. The second-order valence-corrected chi connectivity index (χ2v) is 3.91. The fraction of sp³-hybridized carbons (Fsp3) is 0.357. The van der Waals surface area contributed by atoms with Gasteiger partial charge in [0, 0.05) is 5.56 Å². The van der Waals surface area contributed by atoms with Crippen LogP contribution < -0.4 is 5.32 Å². The minimum atomic E-state index is 0.685. The Morgan fingerprint density at radius 2 is 2.06 bits per heavy atom. The summed E-state index contributed by atoms with van der Waals surface area (Å²) in [5.74, 6) is 1.60. The van der Waals surface area contributed by atoms with Crippen LogP contribution in [0.25, 0.3) is 11.3 Å². The molecule has 0 aliphatic rings. The largest absolute Gasteiger partial charge is 0.439 e. The summed E-state index contributed by atoms with van der Waals surface area (Å²) in [6, 6.07) is 8.29. The molecule has 0 aliphatic carbocycles. The lowest BCUT2D eigenvalue weighted by molar-refractivity contribution is 0.482. The third-order valence-corrected chi connectivity index (χ3v) is 2.74. The molecule has 90 valence electrons. The number of aryl methyl sites for hydroxylation is 1. The Morgan fingerprint density at radius 1 is 1.24 bits per heavy atom. The second kappa shape index (κ2) is 5.64. The highest BCUT2D eigenvalue weighted by Gasteiger charge is 2.08. The summed E-state index contributed by atoms with van der Waals surface area (Å²) in [6.45, 7) is 5.82. The molecule has 1 aromatic heterocycles. The minimum absolute atomic E-state index is 0.685. The van der Waals surface area contributed by atoms with Gasteiger partial charge in [-0.15, -0.1) is 0 Å². The maximum atomic E-state index is 5.74.